The highest BCUT2D eigenvalue weighted by molar-refractivity contribution is 7.89. The van der Waals surface area contributed by atoms with Gasteiger partial charge < -0.3 is 19.8 Å². The molecule has 10 heteroatoms. The fourth-order valence-corrected chi connectivity index (χ4v) is 4.78. The number of piperidine rings is 1. The lowest BCUT2D eigenvalue weighted by molar-refractivity contribution is -0.136. The maximum Gasteiger partial charge on any atom is 0.240 e. The Balaban J connectivity index is 1.55. The number of halogens is 1. The van der Waals surface area contributed by atoms with Crippen molar-refractivity contribution in [2.45, 2.75) is 55.5 Å². The third kappa shape index (κ3) is 5.48. The van der Waals surface area contributed by atoms with Gasteiger partial charge in [-0.15, -0.1) is 0 Å². The number of aliphatic hydroxyl groups is 2. The lowest BCUT2D eigenvalue weighted by Crippen LogP contribution is -2.41. The predicted octanol–water partition coefficient (Wildman–Crippen LogP) is 0.756. The molecule has 4 atom stereocenters. The van der Waals surface area contributed by atoms with Gasteiger partial charge in [0.25, 0.3) is 0 Å². The van der Waals surface area contributed by atoms with Gasteiger partial charge in [-0.2, -0.15) is 0 Å². The van der Waals surface area contributed by atoms with Gasteiger partial charge >= 0.3 is 0 Å². The van der Waals surface area contributed by atoms with Crippen LogP contribution in [0.15, 0.2) is 29.2 Å². The van der Waals surface area contributed by atoms with Crippen LogP contribution in [0.25, 0.3) is 0 Å². The normalized spacial score (nSPS) is 28.6. The number of ether oxygens (including phenoxy) is 1. The van der Waals surface area contributed by atoms with Crippen LogP contribution in [0.4, 0.5) is 0 Å². The zero-order valence-electron chi connectivity index (χ0n) is 16.2. The molecule has 0 aromatic heterocycles. The van der Waals surface area contributed by atoms with Crippen molar-refractivity contribution in [1.29, 1.82) is 0 Å². The molecule has 0 bridgehead atoms. The second-order valence-electron chi connectivity index (χ2n) is 7.77. The van der Waals surface area contributed by atoms with Crippen LogP contribution in [0.3, 0.4) is 0 Å². The third-order valence-electron chi connectivity index (χ3n) is 5.57. The summed E-state index contributed by atoms with van der Waals surface area (Å²) in [5.41, 5.74) is 0. The molecule has 3 N–H and O–H groups in total. The highest BCUT2D eigenvalue weighted by Crippen LogP contribution is 2.26. The summed E-state index contributed by atoms with van der Waals surface area (Å²) in [7, 11) is -3.82. The maximum atomic E-state index is 12.5. The zero-order valence-corrected chi connectivity index (χ0v) is 17.8. The molecule has 1 aromatic rings. The molecule has 2 aliphatic rings. The van der Waals surface area contributed by atoms with E-state index in [0.29, 0.717) is 24.0 Å². The standard InChI is InChI=1S/C19H27ClN2O6S/c1-12-6-8-22(9-7-12)17(23)10-15-18(24)19(25)16(28-15)11-21-29(26,27)14-4-2-13(20)3-5-14/h2-5,12,15-16,18-19,21,24-25H,6-11H2,1H3. The number of amides is 1. The number of hydrogen-bond donors (Lipinski definition) is 3. The number of carbonyl (C=O) groups excluding carboxylic acids is 1. The molecular weight excluding hydrogens is 420 g/mol. The first-order valence-electron chi connectivity index (χ1n) is 9.72. The molecule has 4 unspecified atom stereocenters. The topological polar surface area (TPSA) is 116 Å². The first kappa shape index (κ1) is 22.5. The molecule has 1 aromatic carbocycles. The van der Waals surface area contributed by atoms with E-state index in [2.05, 4.69) is 11.6 Å². The maximum absolute atomic E-state index is 12.5. The van der Waals surface area contributed by atoms with Crippen molar-refractivity contribution >= 4 is 27.5 Å². The summed E-state index contributed by atoms with van der Waals surface area (Å²) in [6.07, 6.45) is -2.54. The summed E-state index contributed by atoms with van der Waals surface area (Å²) in [5, 5.41) is 20.9. The van der Waals surface area contributed by atoms with Crippen molar-refractivity contribution in [3.8, 4) is 0 Å². The molecule has 162 valence electrons. The molecule has 29 heavy (non-hydrogen) atoms. The summed E-state index contributed by atoms with van der Waals surface area (Å²) in [4.78, 5) is 14.3. The Kier molecular flexibility index (Phi) is 7.19. The molecule has 0 spiro atoms. The summed E-state index contributed by atoms with van der Waals surface area (Å²) < 4.78 is 32.7. The second kappa shape index (κ2) is 9.28. The molecule has 2 saturated heterocycles. The van der Waals surface area contributed by atoms with Gasteiger partial charge in [-0.05, 0) is 43.0 Å². The second-order valence-corrected chi connectivity index (χ2v) is 9.97. The minimum atomic E-state index is -3.82. The van der Waals surface area contributed by atoms with Crippen LogP contribution in [0.2, 0.25) is 5.02 Å². The van der Waals surface area contributed by atoms with Gasteiger partial charge in [0.05, 0.1) is 17.4 Å². The van der Waals surface area contributed by atoms with Crippen molar-refractivity contribution in [2.75, 3.05) is 19.6 Å². The number of nitrogens with zero attached hydrogens (tertiary/aromatic N) is 1. The van der Waals surface area contributed by atoms with Gasteiger partial charge in [-0.1, -0.05) is 18.5 Å². The smallest absolute Gasteiger partial charge is 0.240 e. The Hall–Kier alpha value is -1.23. The molecule has 0 aliphatic carbocycles. The highest BCUT2D eigenvalue weighted by atomic mass is 35.5. The number of hydrogen-bond acceptors (Lipinski definition) is 6. The molecule has 2 fully saturated rings. The Morgan fingerprint density at radius 1 is 1.17 bits per heavy atom. The fourth-order valence-electron chi connectivity index (χ4n) is 3.61. The number of likely N-dealkylation sites (tertiary alicyclic amines) is 1. The fraction of sp³-hybridized carbons (Fsp3) is 0.632. The lowest BCUT2D eigenvalue weighted by Gasteiger charge is -2.31. The Bertz CT molecular complexity index is 810. The quantitative estimate of drug-likeness (QED) is 0.594. The minimum absolute atomic E-state index is 0.0287. The minimum Gasteiger partial charge on any atom is -0.388 e. The average molecular weight is 447 g/mol. The number of nitrogens with one attached hydrogen (secondary N) is 1. The molecule has 3 rings (SSSR count). The number of aliphatic hydroxyl groups excluding tert-OH is 2. The van der Waals surface area contributed by atoms with Crippen LogP contribution in [0, 0.1) is 5.92 Å². The Labute approximate surface area is 175 Å². The van der Waals surface area contributed by atoms with Crippen molar-refractivity contribution in [2.24, 2.45) is 5.92 Å². The van der Waals surface area contributed by atoms with Crippen LogP contribution in [0.1, 0.15) is 26.2 Å². The monoisotopic (exact) mass is 446 g/mol. The summed E-state index contributed by atoms with van der Waals surface area (Å²) in [6.45, 7) is 3.28. The first-order valence-corrected chi connectivity index (χ1v) is 11.6. The van der Waals surface area contributed by atoms with Crippen LogP contribution < -0.4 is 4.72 Å². The van der Waals surface area contributed by atoms with E-state index < -0.39 is 34.4 Å². The number of rotatable bonds is 6. The zero-order chi connectivity index (χ0) is 21.2. The summed E-state index contributed by atoms with van der Waals surface area (Å²) in [6, 6.07) is 5.66. The molecule has 2 aliphatic heterocycles. The molecule has 8 nitrogen and oxygen atoms in total. The average Bonchev–Trinajstić information content (AvgIpc) is 2.95. The number of benzene rings is 1. The van der Waals surface area contributed by atoms with Crippen molar-refractivity contribution in [1.82, 2.24) is 9.62 Å². The number of sulfonamides is 1. The molecule has 2 heterocycles. The lowest BCUT2D eigenvalue weighted by atomic mass is 9.98. The molecule has 0 radical (unpaired) electrons. The Morgan fingerprint density at radius 3 is 2.38 bits per heavy atom. The van der Waals surface area contributed by atoms with Gasteiger partial charge in [0, 0.05) is 24.7 Å². The molecular formula is C19H27ClN2O6S. The summed E-state index contributed by atoms with van der Waals surface area (Å²) >= 11 is 5.77. The molecule has 0 saturated carbocycles. The first-order chi connectivity index (χ1) is 13.7. The van der Waals surface area contributed by atoms with Crippen molar-refractivity contribution in [3.05, 3.63) is 29.3 Å². The number of carbonyl (C=O) groups is 1. The van der Waals surface area contributed by atoms with E-state index in [0.717, 1.165) is 12.8 Å². The van der Waals surface area contributed by atoms with Gasteiger partial charge in [0.1, 0.15) is 18.3 Å². The van der Waals surface area contributed by atoms with E-state index in [1.54, 1.807) is 4.90 Å². The Morgan fingerprint density at radius 2 is 1.76 bits per heavy atom. The van der Waals surface area contributed by atoms with E-state index in [4.69, 9.17) is 16.3 Å². The van der Waals surface area contributed by atoms with E-state index >= 15 is 0 Å². The van der Waals surface area contributed by atoms with Crippen LogP contribution in [-0.2, 0) is 19.6 Å². The van der Waals surface area contributed by atoms with Gasteiger partial charge in [-0.25, -0.2) is 13.1 Å². The third-order valence-corrected chi connectivity index (χ3v) is 7.26. The van der Waals surface area contributed by atoms with Gasteiger partial charge in [-0.3, -0.25) is 4.79 Å². The SMILES string of the molecule is CC1CCN(C(=O)CC2OC(CNS(=O)(=O)c3ccc(Cl)cc3)C(O)C2O)CC1. The van der Waals surface area contributed by atoms with E-state index in [-0.39, 0.29) is 23.8 Å². The van der Waals surface area contributed by atoms with Crippen LogP contribution in [0.5, 0.6) is 0 Å². The summed E-state index contributed by atoms with van der Waals surface area (Å²) in [5.74, 6) is 0.461. The van der Waals surface area contributed by atoms with Gasteiger partial charge in [0.2, 0.25) is 15.9 Å². The van der Waals surface area contributed by atoms with E-state index in [9.17, 15) is 23.4 Å². The van der Waals surface area contributed by atoms with Gasteiger partial charge in [0.15, 0.2) is 0 Å². The van der Waals surface area contributed by atoms with Crippen molar-refractivity contribution < 1.29 is 28.2 Å². The highest BCUT2D eigenvalue weighted by Gasteiger charge is 2.44. The van der Waals surface area contributed by atoms with Crippen LogP contribution in [-0.4, -0.2) is 73.5 Å². The van der Waals surface area contributed by atoms with E-state index in [1.165, 1.54) is 24.3 Å². The predicted molar refractivity (Wildman–Crippen MR) is 107 cm³/mol. The van der Waals surface area contributed by atoms with Crippen molar-refractivity contribution in [3.63, 3.8) is 0 Å². The van der Waals surface area contributed by atoms with Crippen LogP contribution >= 0.6 is 11.6 Å². The largest absolute Gasteiger partial charge is 0.388 e. The van der Waals surface area contributed by atoms with E-state index in [1.807, 2.05) is 0 Å². The molecule has 1 amide bonds.